The van der Waals surface area contributed by atoms with E-state index in [2.05, 4.69) is 12.2 Å². The SMILES string of the molecule is [CH2]COc1ccc(BOCCNc2ccccc2)cc1. The standard InChI is InChI=1S/C16H19BNO2/c1-2-19-16-10-8-14(9-11-16)17-20-13-12-18-15-6-4-3-5-7-15/h3-11,17-18H,1-2,12-13H2. The first-order valence-electron chi connectivity index (χ1n) is 6.76. The van der Waals surface area contributed by atoms with Crippen molar-refractivity contribution < 1.29 is 9.39 Å². The molecule has 2 rings (SSSR count). The van der Waals surface area contributed by atoms with Gasteiger partial charge in [0, 0.05) is 18.8 Å². The molecule has 0 unspecified atom stereocenters. The second-order valence-corrected chi connectivity index (χ2v) is 4.34. The van der Waals surface area contributed by atoms with Crippen LogP contribution in [0.2, 0.25) is 0 Å². The van der Waals surface area contributed by atoms with Crippen molar-refractivity contribution in [3.63, 3.8) is 0 Å². The molecule has 4 heteroatoms. The highest BCUT2D eigenvalue weighted by Gasteiger charge is 1.98. The molecule has 0 atom stereocenters. The topological polar surface area (TPSA) is 30.5 Å². The van der Waals surface area contributed by atoms with Crippen molar-refractivity contribution in [1.82, 2.24) is 0 Å². The molecule has 0 saturated heterocycles. The summed E-state index contributed by atoms with van der Waals surface area (Å²) in [6.07, 6.45) is 0. The number of benzene rings is 2. The van der Waals surface area contributed by atoms with Crippen LogP contribution in [0.4, 0.5) is 5.69 Å². The summed E-state index contributed by atoms with van der Waals surface area (Å²) in [5.41, 5.74) is 2.26. The normalized spacial score (nSPS) is 10.1. The Bertz CT molecular complexity index is 488. The lowest BCUT2D eigenvalue weighted by Gasteiger charge is -2.07. The van der Waals surface area contributed by atoms with E-state index < -0.39 is 0 Å². The van der Waals surface area contributed by atoms with Crippen molar-refractivity contribution in [2.45, 2.75) is 0 Å². The summed E-state index contributed by atoms with van der Waals surface area (Å²) in [5, 5.41) is 3.30. The number of hydrogen-bond acceptors (Lipinski definition) is 3. The Morgan fingerprint density at radius 2 is 1.75 bits per heavy atom. The molecule has 1 N–H and O–H groups in total. The lowest BCUT2D eigenvalue weighted by Crippen LogP contribution is -2.20. The maximum absolute atomic E-state index is 5.63. The van der Waals surface area contributed by atoms with Gasteiger partial charge in [-0.05, 0) is 31.2 Å². The second kappa shape index (κ2) is 8.28. The van der Waals surface area contributed by atoms with E-state index in [1.807, 2.05) is 54.6 Å². The molecule has 103 valence electrons. The fourth-order valence-corrected chi connectivity index (χ4v) is 1.81. The predicted octanol–water partition coefficient (Wildman–Crippen LogP) is 2.00. The number of para-hydroxylation sites is 1. The molecule has 0 saturated carbocycles. The molecule has 0 aliphatic heterocycles. The molecule has 2 aromatic carbocycles. The van der Waals surface area contributed by atoms with Gasteiger partial charge in [-0.15, -0.1) is 0 Å². The minimum absolute atomic E-state index is 0.445. The minimum atomic E-state index is 0.445. The van der Waals surface area contributed by atoms with E-state index >= 15 is 0 Å². The van der Waals surface area contributed by atoms with Crippen LogP contribution in [0, 0.1) is 6.92 Å². The number of anilines is 1. The molecule has 20 heavy (non-hydrogen) atoms. The van der Waals surface area contributed by atoms with E-state index in [1.165, 1.54) is 0 Å². The highest BCUT2D eigenvalue weighted by atomic mass is 16.5. The molecule has 0 aromatic heterocycles. The van der Waals surface area contributed by atoms with Crippen molar-refractivity contribution in [2.24, 2.45) is 0 Å². The van der Waals surface area contributed by atoms with E-state index in [9.17, 15) is 0 Å². The van der Waals surface area contributed by atoms with Crippen LogP contribution in [0.1, 0.15) is 0 Å². The second-order valence-electron chi connectivity index (χ2n) is 4.34. The first kappa shape index (κ1) is 14.5. The zero-order valence-corrected chi connectivity index (χ0v) is 11.5. The number of hydrogen-bond donors (Lipinski definition) is 1. The number of nitrogens with one attached hydrogen (secondary N) is 1. The molecule has 0 spiro atoms. The average molecular weight is 268 g/mol. The monoisotopic (exact) mass is 268 g/mol. The first-order valence-corrected chi connectivity index (χ1v) is 6.76. The van der Waals surface area contributed by atoms with Crippen LogP contribution in [0.5, 0.6) is 5.75 Å². The maximum Gasteiger partial charge on any atom is 0.308 e. The summed E-state index contributed by atoms with van der Waals surface area (Å²) < 4.78 is 10.9. The van der Waals surface area contributed by atoms with Gasteiger partial charge >= 0.3 is 7.48 Å². The average Bonchev–Trinajstić information content (AvgIpc) is 2.50. The Hall–Kier alpha value is -1.94. The van der Waals surface area contributed by atoms with Crippen LogP contribution in [-0.4, -0.2) is 27.2 Å². The van der Waals surface area contributed by atoms with Crippen molar-refractivity contribution >= 4 is 18.6 Å². The molecule has 0 heterocycles. The third kappa shape index (κ3) is 4.98. The number of rotatable bonds is 8. The van der Waals surface area contributed by atoms with Gasteiger partial charge in [-0.1, -0.05) is 35.8 Å². The van der Waals surface area contributed by atoms with E-state index in [1.54, 1.807) is 0 Å². The maximum atomic E-state index is 5.63. The molecular weight excluding hydrogens is 249 g/mol. The molecule has 3 nitrogen and oxygen atoms in total. The molecule has 1 radical (unpaired) electrons. The van der Waals surface area contributed by atoms with Gasteiger partial charge in [0.15, 0.2) is 0 Å². The van der Waals surface area contributed by atoms with Crippen molar-refractivity contribution in [3.05, 3.63) is 61.5 Å². The van der Waals surface area contributed by atoms with Crippen molar-refractivity contribution in [3.8, 4) is 5.75 Å². The predicted molar refractivity (Wildman–Crippen MR) is 85.0 cm³/mol. The molecule has 0 bridgehead atoms. The highest BCUT2D eigenvalue weighted by Crippen LogP contribution is 2.06. The Balaban J connectivity index is 1.63. The van der Waals surface area contributed by atoms with E-state index in [-0.39, 0.29) is 0 Å². The van der Waals surface area contributed by atoms with Gasteiger partial charge in [0.25, 0.3) is 0 Å². The summed E-state index contributed by atoms with van der Waals surface area (Å²) in [5.74, 6) is 0.842. The zero-order valence-electron chi connectivity index (χ0n) is 11.5. The lowest BCUT2D eigenvalue weighted by molar-refractivity contribution is 0.358. The van der Waals surface area contributed by atoms with Gasteiger partial charge < -0.3 is 14.7 Å². The minimum Gasteiger partial charge on any atom is -0.494 e. The smallest absolute Gasteiger partial charge is 0.308 e. The van der Waals surface area contributed by atoms with Gasteiger partial charge in [0.2, 0.25) is 0 Å². The Morgan fingerprint density at radius 1 is 1.00 bits per heavy atom. The summed E-state index contributed by atoms with van der Waals surface area (Å²) in [4.78, 5) is 0. The van der Waals surface area contributed by atoms with Gasteiger partial charge in [-0.3, -0.25) is 0 Å². The van der Waals surface area contributed by atoms with Crippen molar-refractivity contribution in [1.29, 1.82) is 0 Å². The quantitative estimate of drug-likeness (QED) is 0.586. The fraction of sp³-hybridized carbons (Fsp3) is 0.188. The Kier molecular flexibility index (Phi) is 5.99. The molecular formula is C16H19BNO2. The van der Waals surface area contributed by atoms with Gasteiger partial charge in [0.05, 0.1) is 6.61 Å². The third-order valence-electron chi connectivity index (χ3n) is 2.81. The van der Waals surface area contributed by atoms with Gasteiger partial charge in [-0.2, -0.15) is 0 Å². The summed E-state index contributed by atoms with van der Waals surface area (Å²) in [6.45, 7) is 5.56. The zero-order chi connectivity index (χ0) is 14.0. The number of ether oxygens (including phenoxy) is 1. The molecule has 0 aliphatic carbocycles. The van der Waals surface area contributed by atoms with E-state index in [0.717, 1.165) is 23.4 Å². The summed E-state index contributed by atoms with van der Waals surface area (Å²) in [7, 11) is 0.612. The van der Waals surface area contributed by atoms with Crippen LogP contribution in [-0.2, 0) is 4.65 Å². The Morgan fingerprint density at radius 3 is 2.45 bits per heavy atom. The van der Waals surface area contributed by atoms with Gasteiger partial charge in [-0.25, -0.2) is 0 Å². The molecule has 0 amide bonds. The summed E-state index contributed by atoms with van der Waals surface area (Å²) >= 11 is 0. The third-order valence-corrected chi connectivity index (χ3v) is 2.81. The van der Waals surface area contributed by atoms with Crippen LogP contribution < -0.4 is 15.5 Å². The van der Waals surface area contributed by atoms with Gasteiger partial charge in [0.1, 0.15) is 5.75 Å². The van der Waals surface area contributed by atoms with E-state index in [0.29, 0.717) is 20.7 Å². The molecule has 2 aromatic rings. The van der Waals surface area contributed by atoms with Crippen LogP contribution in [0.3, 0.4) is 0 Å². The van der Waals surface area contributed by atoms with Crippen molar-refractivity contribution in [2.75, 3.05) is 25.1 Å². The van der Waals surface area contributed by atoms with E-state index in [4.69, 9.17) is 9.39 Å². The van der Waals surface area contributed by atoms with Crippen LogP contribution in [0.15, 0.2) is 54.6 Å². The largest absolute Gasteiger partial charge is 0.494 e. The highest BCUT2D eigenvalue weighted by molar-refractivity contribution is 6.46. The first-order chi connectivity index (χ1) is 9.88. The molecule has 0 aliphatic rings. The Labute approximate surface area is 121 Å². The van der Waals surface area contributed by atoms with Crippen LogP contribution >= 0.6 is 0 Å². The molecule has 0 fully saturated rings. The lowest BCUT2D eigenvalue weighted by atomic mass is 9.88. The van der Waals surface area contributed by atoms with Crippen LogP contribution in [0.25, 0.3) is 0 Å². The summed E-state index contributed by atoms with van der Waals surface area (Å²) in [6, 6.07) is 18.0. The fourth-order valence-electron chi connectivity index (χ4n) is 1.81.